The lowest BCUT2D eigenvalue weighted by Crippen LogP contribution is -2.55. The van der Waals surface area contributed by atoms with Crippen LogP contribution in [0.1, 0.15) is 45.4 Å². The second-order valence-electron chi connectivity index (χ2n) is 7.74. The molecule has 2 fully saturated rings. The summed E-state index contributed by atoms with van der Waals surface area (Å²) in [6.45, 7) is 3.27. The molecule has 6 nitrogen and oxygen atoms in total. The smallest absolute Gasteiger partial charge is 0.246 e. The second kappa shape index (κ2) is 9.33. The first-order valence-electron chi connectivity index (χ1n) is 10.2. The molecular weight excluding hydrogens is 381 g/mol. The van der Waals surface area contributed by atoms with Gasteiger partial charge < -0.3 is 5.32 Å². The summed E-state index contributed by atoms with van der Waals surface area (Å²) in [4.78, 5) is 14.3. The lowest BCUT2D eigenvalue weighted by Gasteiger charge is -2.37. The molecule has 1 heterocycles. The highest BCUT2D eigenvalue weighted by Crippen LogP contribution is 2.21. The highest BCUT2D eigenvalue weighted by molar-refractivity contribution is 7.89. The largest absolute Gasteiger partial charge is 0.352 e. The van der Waals surface area contributed by atoms with E-state index in [1.54, 1.807) is 0 Å². The molecule has 1 aliphatic carbocycles. The number of sulfonamides is 1. The minimum atomic E-state index is -3.86. The van der Waals surface area contributed by atoms with Gasteiger partial charge in [-0.15, -0.1) is 0 Å². The predicted octanol–water partition coefficient (Wildman–Crippen LogP) is 2.36. The molecule has 1 aromatic carbocycles. The van der Waals surface area contributed by atoms with Crippen molar-refractivity contribution >= 4 is 15.9 Å². The zero-order valence-electron chi connectivity index (χ0n) is 16.4. The van der Waals surface area contributed by atoms with E-state index in [1.807, 2.05) is 11.8 Å². The summed E-state index contributed by atoms with van der Waals surface area (Å²) >= 11 is 0. The maximum absolute atomic E-state index is 13.9. The number of rotatable bonds is 5. The van der Waals surface area contributed by atoms with Crippen molar-refractivity contribution in [2.24, 2.45) is 0 Å². The van der Waals surface area contributed by atoms with Gasteiger partial charge in [0.05, 0.1) is 6.04 Å². The number of carbonyl (C=O) groups excluding carboxylic acids is 1. The molecule has 3 rings (SSSR count). The third-order valence-electron chi connectivity index (χ3n) is 5.86. The Morgan fingerprint density at radius 1 is 1.07 bits per heavy atom. The number of piperazine rings is 1. The van der Waals surface area contributed by atoms with Crippen LogP contribution in [-0.4, -0.2) is 61.8 Å². The van der Waals surface area contributed by atoms with Crippen molar-refractivity contribution in [2.75, 3.05) is 26.2 Å². The molecule has 2 aliphatic rings. The van der Waals surface area contributed by atoms with E-state index in [2.05, 4.69) is 5.32 Å². The van der Waals surface area contributed by atoms with Gasteiger partial charge in [-0.05, 0) is 31.9 Å². The Labute approximate surface area is 167 Å². The Hall–Kier alpha value is -1.51. The number of hydrogen-bond donors (Lipinski definition) is 1. The fraction of sp³-hybridized carbons (Fsp3) is 0.650. The highest BCUT2D eigenvalue weighted by atomic mass is 32.2. The maximum Gasteiger partial charge on any atom is 0.246 e. The van der Waals surface area contributed by atoms with Crippen LogP contribution in [0.2, 0.25) is 0 Å². The van der Waals surface area contributed by atoms with E-state index in [1.165, 1.54) is 35.3 Å². The fourth-order valence-electron chi connectivity index (χ4n) is 4.04. The molecule has 1 aliphatic heterocycles. The molecule has 1 N–H and O–H groups in total. The van der Waals surface area contributed by atoms with Crippen molar-refractivity contribution in [1.29, 1.82) is 0 Å². The Bertz CT molecular complexity index is 771. The highest BCUT2D eigenvalue weighted by Gasteiger charge is 2.33. The molecule has 1 atom stereocenters. The van der Waals surface area contributed by atoms with Gasteiger partial charge in [0, 0.05) is 32.2 Å². The number of amides is 1. The molecule has 0 aromatic heterocycles. The molecule has 0 radical (unpaired) electrons. The normalized spacial score (nSPS) is 21.8. The standard InChI is InChI=1S/C20H30FN3O3S/c1-16(20(25)22-17-8-4-2-3-5-9-17)23-12-14-24(15-13-23)28(26,27)19-11-7-6-10-18(19)21/h6-7,10-11,16-17H,2-5,8-9,12-15H2,1H3,(H,22,25). The minimum Gasteiger partial charge on any atom is -0.352 e. The predicted molar refractivity (Wildman–Crippen MR) is 106 cm³/mol. The SMILES string of the molecule is CC(C(=O)NC1CCCCCC1)N1CCN(S(=O)(=O)c2ccccc2F)CC1. The van der Waals surface area contributed by atoms with Crippen LogP contribution in [0.15, 0.2) is 29.2 Å². The van der Waals surface area contributed by atoms with Crippen molar-refractivity contribution in [2.45, 2.75) is 62.4 Å². The summed E-state index contributed by atoms with van der Waals surface area (Å²) in [6.07, 6.45) is 6.86. The molecule has 0 bridgehead atoms. The van der Waals surface area contributed by atoms with Crippen LogP contribution < -0.4 is 5.32 Å². The van der Waals surface area contributed by atoms with Crippen LogP contribution in [0, 0.1) is 5.82 Å². The minimum absolute atomic E-state index is 0.0114. The summed E-state index contributed by atoms with van der Waals surface area (Å²) in [5, 5.41) is 3.17. The van der Waals surface area contributed by atoms with Gasteiger partial charge in [0.2, 0.25) is 15.9 Å². The van der Waals surface area contributed by atoms with Crippen LogP contribution in [0.5, 0.6) is 0 Å². The summed E-state index contributed by atoms with van der Waals surface area (Å²) in [7, 11) is -3.86. The molecule has 1 aromatic rings. The van der Waals surface area contributed by atoms with Crippen LogP contribution in [0.4, 0.5) is 4.39 Å². The summed E-state index contributed by atoms with van der Waals surface area (Å²) < 4.78 is 40.6. The first-order chi connectivity index (χ1) is 13.4. The Kier molecular flexibility index (Phi) is 7.06. The van der Waals surface area contributed by atoms with Crippen molar-refractivity contribution < 1.29 is 17.6 Å². The quantitative estimate of drug-likeness (QED) is 0.756. The van der Waals surface area contributed by atoms with Gasteiger partial charge in [-0.2, -0.15) is 4.31 Å². The number of carbonyl (C=O) groups is 1. The number of hydrogen-bond acceptors (Lipinski definition) is 4. The molecule has 0 spiro atoms. The molecule has 1 amide bonds. The first-order valence-corrected chi connectivity index (χ1v) is 11.6. The molecule has 1 saturated carbocycles. The van der Waals surface area contributed by atoms with Crippen molar-refractivity contribution in [3.63, 3.8) is 0 Å². The first kappa shape index (κ1) is 21.2. The molecule has 8 heteroatoms. The van der Waals surface area contributed by atoms with Crippen LogP contribution in [0.25, 0.3) is 0 Å². The topological polar surface area (TPSA) is 69.7 Å². The fourth-order valence-corrected chi connectivity index (χ4v) is 5.52. The van der Waals surface area contributed by atoms with E-state index in [4.69, 9.17) is 0 Å². The number of nitrogens with one attached hydrogen (secondary N) is 1. The van der Waals surface area contributed by atoms with Crippen LogP contribution in [-0.2, 0) is 14.8 Å². The van der Waals surface area contributed by atoms with Crippen LogP contribution >= 0.6 is 0 Å². The molecule has 1 unspecified atom stereocenters. The van der Waals surface area contributed by atoms with Crippen LogP contribution in [0.3, 0.4) is 0 Å². The van der Waals surface area contributed by atoms with Gasteiger partial charge in [-0.25, -0.2) is 12.8 Å². The Morgan fingerprint density at radius 2 is 1.68 bits per heavy atom. The van der Waals surface area contributed by atoms with E-state index < -0.39 is 15.8 Å². The summed E-state index contributed by atoms with van der Waals surface area (Å²) in [6, 6.07) is 5.39. The third-order valence-corrected chi connectivity index (χ3v) is 7.79. The van der Waals surface area contributed by atoms with E-state index in [-0.39, 0.29) is 36.0 Å². The zero-order valence-corrected chi connectivity index (χ0v) is 17.3. The molecule has 1 saturated heterocycles. The number of halogens is 1. The molecule has 156 valence electrons. The maximum atomic E-state index is 13.9. The van der Waals surface area contributed by atoms with Gasteiger partial charge in [0.1, 0.15) is 10.7 Å². The van der Waals surface area contributed by atoms with Crippen molar-refractivity contribution in [3.8, 4) is 0 Å². The van der Waals surface area contributed by atoms with E-state index in [0.717, 1.165) is 31.7 Å². The Morgan fingerprint density at radius 3 is 2.29 bits per heavy atom. The summed E-state index contributed by atoms with van der Waals surface area (Å²) in [5.74, 6) is -0.724. The average molecular weight is 412 g/mol. The summed E-state index contributed by atoms with van der Waals surface area (Å²) in [5.41, 5.74) is 0. The van der Waals surface area contributed by atoms with Crippen molar-refractivity contribution in [1.82, 2.24) is 14.5 Å². The van der Waals surface area contributed by atoms with Gasteiger partial charge in [-0.3, -0.25) is 9.69 Å². The number of benzene rings is 1. The monoisotopic (exact) mass is 411 g/mol. The third kappa shape index (κ3) is 4.90. The Balaban J connectivity index is 1.55. The van der Waals surface area contributed by atoms with Gasteiger partial charge in [-0.1, -0.05) is 37.8 Å². The van der Waals surface area contributed by atoms with E-state index in [9.17, 15) is 17.6 Å². The lowest BCUT2D eigenvalue weighted by molar-refractivity contribution is -0.127. The molecule has 28 heavy (non-hydrogen) atoms. The van der Waals surface area contributed by atoms with E-state index in [0.29, 0.717) is 13.1 Å². The molecular formula is C20H30FN3O3S. The lowest BCUT2D eigenvalue weighted by atomic mass is 10.1. The zero-order chi connectivity index (χ0) is 20.1. The van der Waals surface area contributed by atoms with Gasteiger partial charge in [0.25, 0.3) is 0 Å². The van der Waals surface area contributed by atoms with Gasteiger partial charge >= 0.3 is 0 Å². The van der Waals surface area contributed by atoms with Crippen molar-refractivity contribution in [3.05, 3.63) is 30.1 Å². The average Bonchev–Trinajstić information content (AvgIpc) is 2.96. The number of nitrogens with zero attached hydrogens (tertiary/aromatic N) is 2. The second-order valence-corrected chi connectivity index (χ2v) is 9.65. The van der Waals surface area contributed by atoms with E-state index >= 15 is 0 Å². The van der Waals surface area contributed by atoms with Gasteiger partial charge in [0.15, 0.2) is 0 Å².